The number of hydrogen-bond acceptors (Lipinski definition) is 5. The Balaban J connectivity index is 1.62. The van der Waals surface area contributed by atoms with Crippen LogP contribution in [-0.2, 0) is 23.0 Å². The molecule has 1 unspecified atom stereocenters. The van der Waals surface area contributed by atoms with Crippen LogP contribution in [-0.4, -0.2) is 48.8 Å². The van der Waals surface area contributed by atoms with Crippen LogP contribution in [0.1, 0.15) is 42.6 Å². The van der Waals surface area contributed by atoms with Gasteiger partial charge in [0.2, 0.25) is 0 Å². The van der Waals surface area contributed by atoms with E-state index in [1.54, 1.807) is 11.6 Å². The number of carboxylic acid groups (broad SMARTS) is 1. The van der Waals surface area contributed by atoms with Crippen molar-refractivity contribution in [1.82, 2.24) is 24.5 Å². The fraction of sp³-hybridized carbons (Fsp3) is 0.355. The van der Waals surface area contributed by atoms with Crippen LogP contribution in [0.15, 0.2) is 60.8 Å². The van der Waals surface area contributed by atoms with Gasteiger partial charge >= 0.3 is 5.97 Å². The highest BCUT2D eigenvalue weighted by atomic mass is 16.5. The molecule has 6 rings (SSSR count). The second kappa shape index (κ2) is 10.3. The lowest BCUT2D eigenvalue weighted by molar-refractivity contribution is -0.141. The Bertz CT molecular complexity index is 1630. The molecule has 0 spiro atoms. The van der Waals surface area contributed by atoms with Crippen molar-refractivity contribution in [2.45, 2.75) is 39.2 Å². The van der Waals surface area contributed by atoms with Crippen LogP contribution < -0.4 is 0 Å². The maximum Gasteiger partial charge on any atom is 0.306 e. The maximum atomic E-state index is 11.6. The third-order valence-electron chi connectivity index (χ3n) is 8.07. The van der Waals surface area contributed by atoms with E-state index in [2.05, 4.69) is 69.5 Å². The van der Waals surface area contributed by atoms with E-state index in [-0.39, 0.29) is 6.04 Å². The summed E-state index contributed by atoms with van der Waals surface area (Å²) in [7, 11) is 1.90. The summed E-state index contributed by atoms with van der Waals surface area (Å²) in [6, 6.07) is 19.4. The van der Waals surface area contributed by atoms with Crippen LogP contribution >= 0.6 is 0 Å². The molecular weight excluding hydrogens is 490 g/mol. The highest BCUT2D eigenvalue weighted by Crippen LogP contribution is 2.41. The van der Waals surface area contributed by atoms with Gasteiger partial charge in [-0.05, 0) is 61.4 Å². The fourth-order valence-corrected chi connectivity index (χ4v) is 6.12. The van der Waals surface area contributed by atoms with E-state index < -0.39 is 11.9 Å². The van der Waals surface area contributed by atoms with Crippen molar-refractivity contribution in [3.05, 3.63) is 77.6 Å². The molecule has 0 saturated carbocycles. The monoisotopic (exact) mass is 523 g/mol. The molecule has 4 heterocycles. The molecule has 5 aromatic rings. The van der Waals surface area contributed by atoms with Gasteiger partial charge in [-0.25, -0.2) is 4.68 Å². The predicted molar refractivity (Wildman–Crippen MR) is 151 cm³/mol. The molecule has 8 heteroatoms. The first-order valence-electron chi connectivity index (χ1n) is 13.6. The number of carboxylic acids is 1. The highest BCUT2D eigenvalue weighted by molar-refractivity contribution is 6.07. The molecule has 200 valence electrons. The van der Waals surface area contributed by atoms with Crippen LogP contribution in [0.25, 0.3) is 33.2 Å². The quantitative estimate of drug-likeness (QED) is 0.300. The second-order valence-electron chi connectivity index (χ2n) is 10.7. The van der Waals surface area contributed by atoms with Gasteiger partial charge in [0, 0.05) is 37.4 Å². The summed E-state index contributed by atoms with van der Waals surface area (Å²) in [5.74, 6) is -0.852. The smallest absolute Gasteiger partial charge is 0.306 e. The van der Waals surface area contributed by atoms with E-state index in [9.17, 15) is 9.90 Å². The van der Waals surface area contributed by atoms with Gasteiger partial charge < -0.3 is 14.4 Å². The van der Waals surface area contributed by atoms with Gasteiger partial charge in [-0.3, -0.25) is 9.78 Å². The molecule has 3 aromatic heterocycles. The van der Waals surface area contributed by atoms with Gasteiger partial charge in [-0.2, -0.15) is 0 Å². The SMILES string of the molecule is Cc1nnn(C)c1-c1cnc2c3cc(C[C@H](C)C(=O)O)ccc3n(C(c3ccccc3)C3CCOCC3)c2c1. The van der Waals surface area contributed by atoms with Crippen molar-refractivity contribution < 1.29 is 14.6 Å². The molecule has 0 radical (unpaired) electrons. The second-order valence-corrected chi connectivity index (χ2v) is 10.7. The molecular formula is C31H33N5O3. The number of carbonyl (C=O) groups is 1. The maximum absolute atomic E-state index is 11.6. The van der Waals surface area contributed by atoms with E-state index in [4.69, 9.17) is 9.72 Å². The van der Waals surface area contributed by atoms with E-state index in [0.717, 1.165) is 70.5 Å². The first-order valence-corrected chi connectivity index (χ1v) is 13.6. The third-order valence-corrected chi connectivity index (χ3v) is 8.07. The highest BCUT2D eigenvalue weighted by Gasteiger charge is 2.30. The van der Waals surface area contributed by atoms with Crippen LogP contribution in [0.4, 0.5) is 0 Å². The minimum Gasteiger partial charge on any atom is -0.481 e. The van der Waals surface area contributed by atoms with Crippen molar-refractivity contribution in [2.24, 2.45) is 18.9 Å². The van der Waals surface area contributed by atoms with Gasteiger partial charge in [-0.1, -0.05) is 48.5 Å². The summed E-state index contributed by atoms with van der Waals surface area (Å²) >= 11 is 0. The zero-order chi connectivity index (χ0) is 27.1. The molecule has 39 heavy (non-hydrogen) atoms. The Morgan fingerprint density at radius 1 is 1.10 bits per heavy atom. The first-order chi connectivity index (χ1) is 18.9. The summed E-state index contributed by atoms with van der Waals surface area (Å²) in [6.07, 6.45) is 4.33. The molecule has 2 atom stereocenters. The standard InChI is InChI=1S/C31H33N5O3/c1-19(31(37)38)15-21-9-10-26-25(16-21)28-27(17-24(18-32-28)29-20(2)33-34-35(29)3)36(26)30(22-7-5-4-6-8-22)23-11-13-39-14-12-23/h4-10,16-19,23,30H,11-15H2,1-3H3,(H,37,38)/t19-,30?/m0/s1. The number of nitrogens with zero attached hydrogens (tertiary/aromatic N) is 5. The van der Waals surface area contributed by atoms with Crippen molar-refractivity contribution >= 4 is 27.9 Å². The molecule has 1 fully saturated rings. The molecule has 0 bridgehead atoms. The average molecular weight is 524 g/mol. The third kappa shape index (κ3) is 4.59. The molecule has 1 aliphatic heterocycles. The molecule has 1 saturated heterocycles. The Hall–Kier alpha value is -4.04. The number of aliphatic carboxylic acids is 1. The Kier molecular flexibility index (Phi) is 6.64. The normalized spacial score (nSPS) is 16.1. The fourth-order valence-electron chi connectivity index (χ4n) is 6.12. The van der Waals surface area contributed by atoms with E-state index in [1.165, 1.54) is 5.56 Å². The van der Waals surface area contributed by atoms with Crippen LogP contribution in [0.5, 0.6) is 0 Å². The minimum absolute atomic E-state index is 0.0988. The Morgan fingerprint density at radius 2 is 1.87 bits per heavy atom. The van der Waals surface area contributed by atoms with Crippen LogP contribution in [0.3, 0.4) is 0 Å². The summed E-state index contributed by atoms with van der Waals surface area (Å²) in [6.45, 7) is 5.23. The van der Waals surface area contributed by atoms with Gasteiger partial charge in [0.1, 0.15) is 0 Å². The van der Waals surface area contributed by atoms with Gasteiger partial charge in [0.05, 0.1) is 39.9 Å². The molecule has 0 aliphatic carbocycles. The lowest BCUT2D eigenvalue weighted by atomic mass is 9.86. The van der Waals surface area contributed by atoms with Crippen molar-refractivity contribution in [3.8, 4) is 11.3 Å². The summed E-state index contributed by atoms with van der Waals surface area (Å²) in [5, 5.41) is 19.0. The summed E-state index contributed by atoms with van der Waals surface area (Å²) in [5.41, 5.74) is 8.09. The van der Waals surface area contributed by atoms with E-state index in [1.807, 2.05) is 20.2 Å². The molecule has 8 nitrogen and oxygen atoms in total. The number of aromatic nitrogens is 5. The number of fused-ring (bicyclic) bond motifs is 3. The minimum atomic E-state index is -0.788. The summed E-state index contributed by atoms with van der Waals surface area (Å²) < 4.78 is 10.0. The number of benzene rings is 2. The molecule has 1 N–H and O–H groups in total. The van der Waals surface area contributed by atoms with Crippen molar-refractivity contribution in [2.75, 3.05) is 13.2 Å². The van der Waals surface area contributed by atoms with Crippen LogP contribution in [0.2, 0.25) is 0 Å². The molecule has 0 amide bonds. The van der Waals surface area contributed by atoms with E-state index >= 15 is 0 Å². The predicted octanol–water partition coefficient (Wildman–Crippen LogP) is 5.57. The average Bonchev–Trinajstić information content (AvgIpc) is 3.45. The number of hydrogen-bond donors (Lipinski definition) is 1. The summed E-state index contributed by atoms with van der Waals surface area (Å²) in [4.78, 5) is 16.6. The zero-order valence-electron chi connectivity index (χ0n) is 22.5. The lowest BCUT2D eigenvalue weighted by Crippen LogP contribution is -2.26. The van der Waals surface area contributed by atoms with Crippen molar-refractivity contribution in [3.63, 3.8) is 0 Å². The van der Waals surface area contributed by atoms with Crippen LogP contribution in [0, 0.1) is 18.8 Å². The van der Waals surface area contributed by atoms with Gasteiger partial charge in [-0.15, -0.1) is 5.10 Å². The first kappa shape index (κ1) is 25.2. The topological polar surface area (TPSA) is 95.1 Å². The van der Waals surface area contributed by atoms with Crippen molar-refractivity contribution in [1.29, 1.82) is 0 Å². The number of aryl methyl sites for hydroxylation is 2. The molecule has 2 aromatic carbocycles. The Labute approximate surface area is 227 Å². The zero-order valence-corrected chi connectivity index (χ0v) is 22.5. The van der Waals surface area contributed by atoms with Gasteiger partial charge in [0.25, 0.3) is 0 Å². The molecule has 1 aliphatic rings. The number of rotatable bonds is 7. The largest absolute Gasteiger partial charge is 0.481 e. The Morgan fingerprint density at radius 3 is 2.56 bits per heavy atom. The van der Waals surface area contributed by atoms with Gasteiger partial charge in [0.15, 0.2) is 0 Å². The number of ether oxygens (including phenoxy) is 1. The van der Waals surface area contributed by atoms with E-state index in [0.29, 0.717) is 12.3 Å². The lowest BCUT2D eigenvalue weighted by Gasteiger charge is -2.33. The number of pyridine rings is 1.